The first-order valence-corrected chi connectivity index (χ1v) is 16.7. The number of amides is 2. The van der Waals surface area contributed by atoms with E-state index >= 15 is 0 Å². The number of anilines is 1. The Labute approximate surface area is 268 Å². The molecule has 0 aliphatic rings. The number of aryl methyl sites for hydroxylation is 1. The van der Waals surface area contributed by atoms with Gasteiger partial charge < -0.3 is 10.2 Å². The van der Waals surface area contributed by atoms with Gasteiger partial charge in [-0.1, -0.05) is 79.7 Å². The molecule has 0 fully saturated rings. The molecule has 0 saturated carbocycles. The van der Waals surface area contributed by atoms with Gasteiger partial charge in [0.05, 0.1) is 10.6 Å². The van der Waals surface area contributed by atoms with Crippen molar-refractivity contribution in [3.05, 3.63) is 129 Å². The molecule has 0 saturated heterocycles. The van der Waals surface area contributed by atoms with Crippen molar-refractivity contribution in [3.63, 3.8) is 0 Å². The lowest BCUT2D eigenvalue weighted by Gasteiger charge is -2.34. The largest absolute Gasteiger partial charge is 0.354 e. The first-order valence-electron chi connectivity index (χ1n) is 14.2. The molecule has 224 valence electrons. The average Bonchev–Trinajstić information content (AvgIpc) is 3.02. The van der Waals surface area contributed by atoms with Crippen molar-refractivity contribution in [2.45, 2.75) is 44.2 Å². The molecule has 0 spiro atoms. The van der Waals surface area contributed by atoms with Gasteiger partial charge in [0.1, 0.15) is 12.6 Å². The monoisotopic (exact) mass is 709 g/mol. The van der Waals surface area contributed by atoms with Crippen LogP contribution in [-0.2, 0) is 32.6 Å². The van der Waals surface area contributed by atoms with Gasteiger partial charge in [0.2, 0.25) is 11.8 Å². The Balaban J connectivity index is 1.79. The second-order valence-corrected chi connectivity index (χ2v) is 13.4. The summed E-state index contributed by atoms with van der Waals surface area (Å²) in [5.74, 6) is -0.756. The molecule has 4 rings (SSSR count). The smallest absolute Gasteiger partial charge is 0.264 e. The fraction of sp³-hybridized carbons (Fsp3) is 0.235. The molecule has 0 aromatic heterocycles. The highest BCUT2D eigenvalue weighted by Gasteiger charge is 2.34. The minimum atomic E-state index is -4.11. The van der Waals surface area contributed by atoms with Gasteiger partial charge in [-0.3, -0.25) is 13.9 Å². The van der Waals surface area contributed by atoms with E-state index in [1.807, 2.05) is 68.4 Å². The topological polar surface area (TPSA) is 86.8 Å². The molecular formula is C34H36IN3O4S. The summed E-state index contributed by atoms with van der Waals surface area (Å²) in [5, 5.41) is 2.97. The van der Waals surface area contributed by atoms with Crippen molar-refractivity contribution in [1.82, 2.24) is 10.2 Å². The number of carbonyl (C=O) groups excluding carboxylic acids is 2. The number of rotatable bonds is 13. The van der Waals surface area contributed by atoms with Crippen LogP contribution in [-0.4, -0.2) is 44.3 Å². The highest BCUT2D eigenvalue weighted by molar-refractivity contribution is 14.1. The van der Waals surface area contributed by atoms with Crippen LogP contribution >= 0.6 is 22.6 Å². The Morgan fingerprint density at radius 3 is 2.07 bits per heavy atom. The highest BCUT2D eigenvalue weighted by Crippen LogP contribution is 2.26. The molecule has 0 radical (unpaired) electrons. The van der Waals surface area contributed by atoms with Crippen LogP contribution in [0.15, 0.2) is 114 Å². The van der Waals surface area contributed by atoms with E-state index in [4.69, 9.17) is 0 Å². The number of sulfonamides is 1. The minimum absolute atomic E-state index is 0.0772. The maximum atomic E-state index is 14.4. The van der Waals surface area contributed by atoms with E-state index in [0.717, 1.165) is 31.0 Å². The Bertz CT molecular complexity index is 1610. The molecule has 4 aromatic carbocycles. The second-order valence-electron chi connectivity index (χ2n) is 10.2. The number of hydrogen-bond donors (Lipinski definition) is 1. The molecule has 7 nitrogen and oxygen atoms in total. The van der Waals surface area contributed by atoms with Gasteiger partial charge in [0.25, 0.3) is 10.0 Å². The SMILES string of the molecule is CCCNC(=O)[C@@H](Cc1ccccc1)N(Cc1ccccc1C)C(=O)CN(c1ccc(I)cc1)S(=O)(=O)c1ccccc1. The molecule has 43 heavy (non-hydrogen) atoms. The van der Waals surface area contributed by atoms with Crippen molar-refractivity contribution in [2.24, 2.45) is 0 Å². The quantitative estimate of drug-likeness (QED) is 0.174. The van der Waals surface area contributed by atoms with Crippen LogP contribution in [0.25, 0.3) is 0 Å². The Morgan fingerprint density at radius 1 is 0.837 bits per heavy atom. The van der Waals surface area contributed by atoms with E-state index in [1.54, 1.807) is 42.5 Å². The summed E-state index contributed by atoms with van der Waals surface area (Å²) < 4.78 is 30.1. The lowest BCUT2D eigenvalue weighted by Crippen LogP contribution is -2.53. The minimum Gasteiger partial charge on any atom is -0.354 e. The van der Waals surface area contributed by atoms with Crippen LogP contribution in [0, 0.1) is 10.5 Å². The fourth-order valence-corrected chi connectivity index (χ4v) is 6.54. The van der Waals surface area contributed by atoms with Gasteiger partial charge in [0.15, 0.2) is 0 Å². The summed E-state index contributed by atoms with van der Waals surface area (Å²) in [6, 6.07) is 31.4. The normalized spacial score (nSPS) is 11.9. The standard InChI is InChI=1S/C34H36IN3O4S/c1-3-22-36-34(40)32(23-27-13-6-4-7-14-27)37(24-28-15-11-10-12-26(28)2)33(39)25-38(30-20-18-29(35)19-21-30)43(41,42)31-16-8-5-9-17-31/h4-21,32H,3,22-25H2,1-2H3,(H,36,40)/t32-/m1/s1. The van der Waals surface area contributed by atoms with E-state index in [-0.39, 0.29) is 23.8 Å². The van der Waals surface area contributed by atoms with Crippen molar-refractivity contribution >= 4 is 50.1 Å². The molecule has 0 aliphatic heterocycles. The van der Waals surface area contributed by atoms with Crippen LogP contribution in [0.1, 0.15) is 30.0 Å². The maximum Gasteiger partial charge on any atom is 0.264 e. The number of nitrogens with zero attached hydrogens (tertiary/aromatic N) is 2. The highest BCUT2D eigenvalue weighted by atomic mass is 127. The van der Waals surface area contributed by atoms with E-state index in [0.29, 0.717) is 12.2 Å². The average molecular weight is 710 g/mol. The van der Waals surface area contributed by atoms with Crippen molar-refractivity contribution in [2.75, 3.05) is 17.4 Å². The Morgan fingerprint density at radius 2 is 1.44 bits per heavy atom. The Hall–Kier alpha value is -3.70. The fourth-order valence-electron chi connectivity index (χ4n) is 4.75. The van der Waals surface area contributed by atoms with Crippen LogP contribution in [0.2, 0.25) is 0 Å². The number of hydrogen-bond acceptors (Lipinski definition) is 4. The van der Waals surface area contributed by atoms with E-state index in [2.05, 4.69) is 27.9 Å². The van der Waals surface area contributed by atoms with Crippen molar-refractivity contribution in [1.29, 1.82) is 0 Å². The van der Waals surface area contributed by atoms with E-state index < -0.39 is 28.5 Å². The van der Waals surface area contributed by atoms with Gasteiger partial charge in [-0.15, -0.1) is 0 Å². The third-order valence-corrected chi connectivity index (χ3v) is 9.65. The zero-order chi connectivity index (χ0) is 30.8. The summed E-state index contributed by atoms with van der Waals surface area (Å²) in [6.45, 7) is 4.06. The van der Waals surface area contributed by atoms with E-state index in [9.17, 15) is 18.0 Å². The van der Waals surface area contributed by atoms with Gasteiger partial charge in [0, 0.05) is 23.1 Å². The number of benzene rings is 4. The summed E-state index contributed by atoms with van der Waals surface area (Å²) in [7, 11) is -4.11. The summed E-state index contributed by atoms with van der Waals surface area (Å²) in [5.41, 5.74) is 3.11. The number of halogens is 1. The molecule has 0 heterocycles. The predicted molar refractivity (Wildman–Crippen MR) is 179 cm³/mol. The predicted octanol–water partition coefficient (Wildman–Crippen LogP) is 5.96. The second kappa shape index (κ2) is 15.2. The van der Waals surface area contributed by atoms with Crippen LogP contribution in [0.5, 0.6) is 0 Å². The molecule has 1 N–H and O–H groups in total. The van der Waals surface area contributed by atoms with Gasteiger partial charge in [-0.2, -0.15) is 0 Å². The third-order valence-electron chi connectivity index (χ3n) is 7.15. The lowest BCUT2D eigenvalue weighted by atomic mass is 10.0. The van der Waals surface area contributed by atoms with Crippen LogP contribution < -0.4 is 9.62 Å². The molecule has 0 unspecified atom stereocenters. The first-order chi connectivity index (χ1) is 20.7. The maximum absolute atomic E-state index is 14.4. The number of carbonyl (C=O) groups is 2. The van der Waals surface area contributed by atoms with Gasteiger partial charge >= 0.3 is 0 Å². The number of nitrogens with one attached hydrogen (secondary N) is 1. The van der Waals surface area contributed by atoms with E-state index in [1.165, 1.54) is 17.0 Å². The third kappa shape index (κ3) is 8.45. The summed E-state index contributed by atoms with van der Waals surface area (Å²) >= 11 is 2.15. The molecule has 2 amide bonds. The zero-order valence-corrected chi connectivity index (χ0v) is 27.3. The van der Waals surface area contributed by atoms with Crippen LogP contribution in [0.4, 0.5) is 5.69 Å². The van der Waals surface area contributed by atoms with Gasteiger partial charge in [-0.25, -0.2) is 8.42 Å². The molecule has 0 aliphatic carbocycles. The molecule has 0 bridgehead atoms. The lowest BCUT2D eigenvalue weighted by molar-refractivity contribution is -0.140. The molecule has 9 heteroatoms. The van der Waals surface area contributed by atoms with Gasteiger partial charge in [-0.05, 0) is 89.0 Å². The first kappa shape index (κ1) is 32.2. The molecule has 1 atom stereocenters. The molecular weight excluding hydrogens is 673 g/mol. The Kier molecular flexibility index (Phi) is 11.4. The van der Waals surface area contributed by atoms with Crippen LogP contribution in [0.3, 0.4) is 0 Å². The zero-order valence-electron chi connectivity index (χ0n) is 24.3. The molecule has 4 aromatic rings. The summed E-state index contributed by atoms with van der Waals surface area (Å²) in [4.78, 5) is 29.7. The summed E-state index contributed by atoms with van der Waals surface area (Å²) in [6.07, 6.45) is 1.02. The van der Waals surface area contributed by atoms with Crippen molar-refractivity contribution in [3.8, 4) is 0 Å². The van der Waals surface area contributed by atoms with Crippen molar-refractivity contribution < 1.29 is 18.0 Å².